The molecule has 0 saturated heterocycles. The van der Waals surface area contributed by atoms with E-state index >= 15 is 0 Å². The lowest BCUT2D eigenvalue weighted by molar-refractivity contribution is 0.0784. The molecule has 0 spiro atoms. The molecule has 0 aliphatic heterocycles. The van der Waals surface area contributed by atoms with Gasteiger partial charge in [0.25, 0.3) is 11.8 Å². The molecule has 2 aromatic heterocycles. The number of carbonyl (C=O) groups is 2. The fourth-order valence-electron chi connectivity index (χ4n) is 4.67. The minimum absolute atomic E-state index is 0.199. The number of amides is 2. The largest absolute Gasteiger partial charge is 0.390 e. The van der Waals surface area contributed by atoms with Crippen LogP contribution in [0.4, 0.5) is 5.69 Å². The molecule has 2 heterocycles. The predicted molar refractivity (Wildman–Crippen MR) is 171 cm³/mol. The van der Waals surface area contributed by atoms with Crippen LogP contribution in [0.1, 0.15) is 56.4 Å². The number of benzene rings is 2. The molecule has 2 amide bonds. The number of aryl methyl sites for hydroxylation is 1. The number of anilines is 1. The lowest BCUT2D eigenvalue weighted by Crippen LogP contribution is -2.48. The van der Waals surface area contributed by atoms with Gasteiger partial charge in [0.15, 0.2) is 0 Å². The molecule has 2 aromatic carbocycles. The summed E-state index contributed by atoms with van der Waals surface area (Å²) >= 11 is 1.51. The van der Waals surface area contributed by atoms with Gasteiger partial charge < -0.3 is 26.0 Å². The van der Waals surface area contributed by atoms with E-state index in [9.17, 15) is 14.7 Å². The summed E-state index contributed by atoms with van der Waals surface area (Å²) in [6.45, 7) is 7.23. The highest BCUT2D eigenvalue weighted by atomic mass is 32.1. The smallest absolute Gasteiger partial charge is 0.253 e. The van der Waals surface area contributed by atoms with Gasteiger partial charge in [0, 0.05) is 60.8 Å². The van der Waals surface area contributed by atoms with Gasteiger partial charge in [0.2, 0.25) is 0 Å². The number of aliphatic hydroxyl groups is 1. The third kappa shape index (κ3) is 9.71. The number of hydrogen-bond donors (Lipinski definition) is 4. The van der Waals surface area contributed by atoms with Crippen LogP contribution in [0.25, 0.3) is 0 Å². The van der Waals surface area contributed by atoms with Crippen LogP contribution in [0.15, 0.2) is 78.4 Å². The molecule has 0 radical (unpaired) electrons. The molecule has 0 unspecified atom stereocenters. The fraction of sp³-hybridized carbons (Fsp3) is 0.333. The van der Waals surface area contributed by atoms with E-state index < -0.39 is 12.1 Å². The van der Waals surface area contributed by atoms with Crippen LogP contribution in [-0.2, 0) is 19.5 Å². The lowest BCUT2D eigenvalue weighted by atomic mass is 10.00. The normalized spacial score (nSPS) is 12.5. The average molecular weight is 601 g/mol. The van der Waals surface area contributed by atoms with Crippen molar-refractivity contribution in [3.63, 3.8) is 0 Å². The quantitative estimate of drug-likeness (QED) is 0.169. The highest BCUT2D eigenvalue weighted by Crippen LogP contribution is 2.15. The van der Waals surface area contributed by atoms with Crippen LogP contribution in [0.5, 0.6) is 0 Å². The molecule has 0 aliphatic rings. The number of aromatic nitrogens is 2. The maximum atomic E-state index is 13.4. The van der Waals surface area contributed by atoms with E-state index in [1.54, 1.807) is 48.6 Å². The molecular formula is C33H40N6O3S. The zero-order chi connectivity index (χ0) is 30.8. The van der Waals surface area contributed by atoms with E-state index in [1.165, 1.54) is 11.3 Å². The van der Waals surface area contributed by atoms with E-state index in [0.717, 1.165) is 27.5 Å². The molecule has 0 aliphatic carbocycles. The Morgan fingerprint density at radius 3 is 2.49 bits per heavy atom. The summed E-state index contributed by atoms with van der Waals surface area (Å²) in [5, 5.41) is 23.7. The van der Waals surface area contributed by atoms with Crippen LogP contribution in [0.3, 0.4) is 0 Å². The predicted octanol–water partition coefficient (Wildman–Crippen LogP) is 4.43. The first-order valence-corrected chi connectivity index (χ1v) is 15.3. The van der Waals surface area contributed by atoms with Crippen molar-refractivity contribution < 1.29 is 14.7 Å². The van der Waals surface area contributed by atoms with Crippen LogP contribution in [0, 0.1) is 6.92 Å². The molecule has 43 heavy (non-hydrogen) atoms. The van der Waals surface area contributed by atoms with Crippen molar-refractivity contribution in [2.45, 2.75) is 58.5 Å². The number of rotatable bonds is 14. The summed E-state index contributed by atoms with van der Waals surface area (Å²) in [5.74, 6) is -0.556. The van der Waals surface area contributed by atoms with E-state index in [4.69, 9.17) is 0 Å². The number of pyridine rings is 1. The van der Waals surface area contributed by atoms with Crippen molar-refractivity contribution in [3.05, 3.63) is 111 Å². The third-order valence-corrected chi connectivity index (χ3v) is 7.72. The lowest BCUT2D eigenvalue weighted by Gasteiger charge is -2.25. The number of nitrogens with one attached hydrogen (secondary N) is 3. The molecule has 226 valence electrons. The summed E-state index contributed by atoms with van der Waals surface area (Å²) in [6.07, 6.45) is 3.15. The third-order valence-electron chi connectivity index (χ3n) is 6.77. The second kappa shape index (κ2) is 15.4. The zero-order valence-electron chi connectivity index (χ0n) is 25.1. The van der Waals surface area contributed by atoms with Crippen molar-refractivity contribution in [2.24, 2.45) is 0 Å². The molecule has 0 fully saturated rings. The zero-order valence-corrected chi connectivity index (χ0v) is 25.9. The summed E-state index contributed by atoms with van der Waals surface area (Å²) in [7, 11) is 1.72. The van der Waals surface area contributed by atoms with Crippen molar-refractivity contribution >= 4 is 28.8 Å². The number of carbonyl (C=O) groups excluding carboxylic acids is 2. The number of thiazole rings is 1. The molecule has 4 rings (SSSR count). The summed E-state index contributed by atoms with van der Waals surface area (Å²) < 4.78 is 0. The molecule has 0 saturated carbocycles. The van der Waals surface area contributed by atoms with E-state index in [1.807, 2.05) is 48.7 Å². The van der Waals surface area contributed by atoms with Gasteiger partial charge in [-0.2, -0.15) is 0 Å². The number of hydrogen-bond acceptors (Lipinski definition) is 8. The Hall–Kier alpha value is -4.12. The van der Waals surface area contributed by atoms with Gasteiger partial charge in [-0.15, -0.1) is 11.3 Å². The van der Waals surface area contributed by atoms with Gasteiger partial charge in [-0.05, 0) is 62.6 Å². The minimum atomic E-state index is -0.869. The number of nitrogens with zero attached hydrogens (tertiary/aromatic N) is 3. The van der Waals surface area contributed by atoms with Crippen LogP contribution in [0.2, 0.25) is 0 Å². The molecule has 0 bridgehead atoms. The van der Waals surface area contributed by atoms with E-state index in [0.29, 0.717) is 36.7 Å². The maximum Gasteiger partial charge on any atom is 0.253 e. The molecule has 4 N–H and O–H groups in total. The summed E-state index contributed by atoms with van der Waals surface area (Å²) in [6, 6.07) is 18.2. The van der Waals surface area contributed by atoms with Crippen molar-refractivity contribution in [1.82, 2.24) is 25.5 Å². The van der Waals surface area contributed by atoms with Gasteiger partial charge >= 0.3 is 0 Å². The standard InChI is InChI=1S/C33H40N6O3S/c1-22(2)36-28-13-25(16-34-18-28)17-35-19-30(40)29(14-24-9-6-5-7-10-24)38-32(41)26-11-8-12-27(15-26)33(42)39(4)20-31-37-23(3)21-43-31/h5-13,15-16,18,21-22,29-30,35-36,40H,14,17,19-20H2,1-4H3,(H,38,41)/t29-,30+/m0/s1. The Bertz CT molecular complexity index is 1490. The van der Waals surface area contributed by atoms with Gasteiger partial charge in [0.05, 0.1) is 24.4 Å². The maximum absolute atomic E-state index is 13.4. The first-order valence-electron chi connectivity index (χ1n) is 14.4. The van der Waals surface area contributed by atoms with E-state index in [2.05, 4.69) is 39.8 Å². The van der Waals surface area contributed by atoms with Crippen LogP contribution >= 0.6 is 11.3 Å². The average Bonchev–Trinajstić information content (AvgIpc) is 3.40. The summed E-state index contributed by atoms with van der Waals surface area (Å²) in [4.78, 5) is 36.9. The van der Waals surface area contributed by atoms with Gasteiger partial charge in [-0.3, -0.25) is 14.6 Å². The van der Waals surface area contributed by atoms with Crippen molar-refractivity contribution in [2.75, 3.05) is 18.9 Å². The van der Waals surface area contributed by atoms with Gasteiger partial charge in [-0.25, -0.2) is 4.98 Å². The first kappa shape index (κ1) is 31.8. The Morgan fingerprint density at radius 2 is 1.77 bits per heavy atom. The Kier molecular flexibility index (Phi) is 11.4. The molecule has 2 atom stereocenters. The fourth-order valence-corrected chi connectivity index (χ4v) is 5.49. The summed E-state index contributed by atoms with van der Waals surface area (Å²) in [5.41, 5.74) is 4.60. The van der Waals surface area contributed by atoms with Gasteiger partial charge in [0.1, 0.15) is 5.01 Å². The topological polar surface area (TPSA) is 119 Å². The molecule has 4 aromatic rings. The van der Waals surface area contributed by atoms with Crippen molar-refractivity contribution in [1.29, 1.82) is 0 Å². The highest BCUT2D eigenvalue weighted by molar-refractivity contribution is 7.09. The molecule has 10 heteroatoms. The first-order chi connectivity index (χ1) is 20.7. The highest BCUT2D eigenvalue weighted by Gasteiger charge is 2.23. The van der Waals surface area contributed by atoms with Crippen molar-refractivity contribution in [3.8, 4) is 0 Å². The second-order valence-electron chi connectivity index (χ2n) is 11.0. The van der Waals surface area contributed by atoms with Crippen LogP contribution in [-0.4, -0.2) is 63.6 Å². The Morgan fingerprint density at radius 1 is 1.00 bits per heavy atom. The Balaban J connectivity index is 1.41. The monoisotopic (exact) mass is 600 g/mol. The van der Waals surface area contributed by atoms with E-state index in [-0.39, 0.29) is 18.4 Å². The SMILES string of the molecule is Cc1csc(CN(C)C(=O)c2cccc(C(=O)N[C@@H](Cc3ccccc3)[C@H](O)CNCc3cncc(NC(C)C)c3)c2)n1. The van der Waals surface area contributed by atoms with Gasteiger partial charge in [-0.1, -0.05) is 36.4 Å². The molecule has 9 nitrogen and oxygen atoms in total. The molecular weight excluding hydrogens is 560 g/mol. The number of aliphatic hydroxyl groups excluding tert-OH is 1. The second-order valence-corrected chi connectivity index (χ2v) is 11.9. The minimum Gasteiger partial charge on any atom is -0.390 e. The Labute approximate surface area is 257 Å². The van der Waals surface area contributed by atoms with Crippen LogP contribution < -0.4 is 16.0 Å².